The van der Waals surface area contributed by atoms with Gasteiger partial charge in [-0.25, -0.2) is 19.3 Å². The summed E-state index contributed by atoms with van der Waals surface area (Å²) >= 11 is 0. The fraction of sp³-hybridized carbons (Fsp3) is 0.222. The van der Waals surface area contributed by atoms with Crippen LogP contribution in [0.25, 0.3) is 34.2 Å². The topological polar surface area (TPSA) is 57.1 Å². The quantitative estimate of drug-likeness (QED) is 0.384. The lowest BCUT2D eigenvalue weighted by Crippen LogP contribution is -2.41. The first-order chi connectivity index (χ1) is 20.4. The van der Waals surface area contributed by atoms with Gasteiger partial charge in [-0.3, -0.25) is 0 Å². The molecule has 0 aliphatic carbocycles. The normalized spacial score (nSPS) is 20.7. The molecule has 5 nitrogen and oxygen atoms in total. The van der Waals surface area contributed by atoms with Crippen LogP contribution in [0, 0.1) is 5.82 Å². The van der Waals surface area contributed by atoms with Gasteiger partial charge in [-0.05, 0) is 45.3 Å². The molecule has 1 aliphatic heterocycles. The molecule has 3 aromatic carbocycles. The molecule has 4 aromatic rings. The highest BCUT2D eigenvalue weighted by atomic mass is 19.1. The average Bonchev–Trinajstić information content (AvgIpc) is 3.19. The van der Waals surface area contributed by atoms with Crippen LogP contribution in [-0.4, -0.2) is 33.3 Å². The van der Waals surface area contributed by atoms with E-state index in [1.165, 1.54) is 12.1 Å². The van der Waals surface area contributed by atoms with Crippen molar-refractivity contribution in [2.75, 3.05) is 0 Å². The summed E-state index contributed by atoms with van der Waals surface area (Å²) in [5, 5.41) is 0. The van der Waals surface area contributed by atoms with E-state index in [9.17, 15) is 0 Å². The van der Waals surface area contributed by atoms with Gasteiger partial charge in [0.1, 0.15) is 5.82 Å². The first-order valence-corrected chi connectivity index (χ1v) is 10.4. The van der Waals surface area contributed by atoms with E-state index in [0.717, 1.165) is 6.07 Å². The highest BCUT2D eigenvalue weighted by Gasteiger charge is 2.51. The second-order valence-electron chi connectivity index (χ2n) is 8.63. The summed E-state index contributed by atoms with van der Waals surface area (Å²) in [5.41, 5.74) is -2.13. The highest BCUT2D eigenvalue weighted by molar-refractivity contribution is 6.62. The summed E-state index contributed by atoms with van der Waals surface area (Å²) in [6, 6.07) is -2.73. The lowest BCUT2D eigenvalue weighted by molar-refractivity contribution is 0.00578. The van der Waals surface area contributed by atoms with Crippen LogP contribution in [0.2, 0.25) is 0 Å². The van der Waals surface area contributed by atoms with Crippen molar-refractivity contribution < 1.29 is 27.4 Å². The van der Waals surface area contributed by atoms with Gasteiger partial charge >= 0.3 is 7.12 Å². The van der Waals surface area contributed by atoms with Crippen LogP contribution in [0.3, 0.4) is 0 Å². The van der Waals surface area contributed by atoms with Gasteiger partial charge in [0.15, 0.2) is 17.5 Å². The van der Waals surface area contributed by atoms with E-state index in [1.807, 2.05) is 27.7 Å². The maximum Gasteiger partial charge on any atom is 0.494 e. The Labute approximate surface area is 213 Å². The summed E-state index contributed by atoms with van der Waals surface area (Å²) < 4.78 is 110. The van der Waals surface area contributed by atoms with E-state index in [2.05, 4.69) is 15.0 Å². The number of hydrogen-bond donors (Lipinski definition) is 0. The minimum absolute atomic E-state index is 0.221. The van der Waals surface area contributed by atoms with Crippen LogP contribution in [-0.2, 0) is 9.31 Å². The van der Waals surface area contributed by atoms with Crippen LogP contribution < -0.4 is 5.46 Å². The summed E-state index contributed by atoms with van der Waals surface area (Å²) in [5.74, 6) is -2.18. The zero-order valence-corrected chi connectivity index (χ0v) is 18.8. The van der Waals surface area contributed by atoms with Crippen molar-refractivity contribution in [3.63, 3.8) is 0 Å². The Bertz CT molecular complexity index is 1710. The third-order valence-electron chi connectivity index (χ3n) is 5.84. The highest BCUT2D eigenvalue weighted by Crippen LogP contribution is 2.37. The number of halogens is 1. The fourth-order valence-electron chi connectivity index (χ4n) is 3.28. The lowest BCUT2D eigenvalue weighted by atomic mass is 9.78. The van der Waals surface area contributed by atoms with Gasteiger partial charge in [0.25, 0.3) is 0 Å². The van der Waals surface area contributed by atoms with Gasteiger partial charge in [-0.1, -0.05) is 66.5 Å². The fourth-order valence-corrected chi connectivity index (χ4v) is 3.28. The third-order valence-corrected chi connectivity index (χ3v) is 5.84. The van der Waals surface area contributed by atoms with Crippen LogP contribution in [0.5, 0.6) is 0 Å². The van der Waals surface area contributed by atoms with Crippen molar-refractivity contribution in [2.45, 2.75) is 38.9 Å². The number of hydrogen-bond acceptors (Lipinski definition) is 5. The maximum absolute atomic E-state index is 15.5. The number of benzene rings is 3. The Morgan fingerprint density at radius 3 is 1.71 bits per heavy atom. The van der Waals surface area contributed by atoms with E-state index < -0.39 is 107 Å². The van der Waals surface area contributed by atoms with Crippen molar-refractivity contribution in [2.24, 2.45) is 0 Å². The standard InChI is InChI=1S/C27H25BFN3O2/c1-26(2)27(3,4)34-28(33-26)20-15-16-22(29)21(17-20)25-31-23(18-11-7-5-8-12-18)30-24(32-25)19-13-9-6-10-14-19/h5-17H,1-4H3/i5D,6D,7D,8D,9D,10D,11D,12D,13D,14D. The first kappa shape index (κ1) is 13.5. The van der Waals surface area contributed by atoms with E-state index in [0.29, 0.717) is 5.46 Å². The Morgan fingerprint density at radius 2 is 1.21 bits per heavy atom. The predicted molar refractivity (Wildman–Crippen MR) is 132 cm³/mol. The van der Waals surface area contributed by atoms with E-state index in [4.69, 9.17) is 23.0 Å². The molecule has 2 heterocycles. The molecule has 7 heteroatoms. The van der Waals surface area contributed by atoms with Crippen molar-refractivity contribution in [1.29, 1.82) is 0 Å². The largest absolute Gasteiger partial charge is 0.494 e. The molecule has 170 valence electrons. The summed E-state index contributed by atoms with van der Waals surface area (Å²) in [6.07, 6.45) is 0. The Kier molecular flexibility index (Phi) is 3.33. The minimum Gasteiger partial charge on any atom is -0.399 e. The first-order valence-electron chi connectivity index (χ1n) is 15.4. The summed E-state index contributed by atoms with van der Waals surface area (Å²) in [6.45, 7) is 7.40. The van der Waals surface area contributed by atoms with Crippen LogP contribution >= 0.6 is 0 Å². The molecular weight excluding hydrogens is 428 g/mol. The zero-order valence-electron chi connectivity index (χ0n) is 28.8. The molecule has 0 unspecified atom stereocenters. The number of nitrogens with zero attached hydrogens (tertiary/aromatic N) is 3. The van der Waals surface area contributed by atoms with Gasteiger partial charge in [-0.15, -0.1) is 0 Å². The van der Waals surface area contributed by atoms with Gasteiger partial charge in [0, 0.05) is 11.1 Å². The minimum atomic E-state index is -0.901. The van der Waals surface area contributed by atoms with E-state index in [1.54, 1.807) is 0 Å². The molecule has 1 aromatic heterocycles. The Morgan fingerprint density at radius 1 is 0.735 bits per heavy atom. The molecule has 5 rings (SSSR count). The molecule has 0 amide bonds. The number of rotatable bonds is 4. The SMILES string of the molecule is [2H]c1c([2H])c([2H])c(-c2nc(-c3cc(B4OC(C)(C)C(C)(C)O4)ccc3F)nc(-c3c([2H])c([2H])c([2H])c([2H])c3[2H])n2)c([2H])c1[2H]. The van der Waals surface area contributed by atoms with Crippen LogP contribution in [0.15, 0.2) is 78.6 Å². The molecule has 0 radical (unpaired) electrons. The molecule has 0 saturated carbocycles. The summed E-state index contributed by atoms with van der Waals surface area (Å²) in [4.78, 5) is 12.8. The third kappa shape index (κ3) is 4.13. The molecule has 34 heavy (non-hydrogen) atoms. The van der Waals surface area contributed by atoms with Crippen LogP contribution in [0.1, 0.15) is 41.4 Å². The van der Waals surface area contributed by atoms with E-state index >= 15 is 4.39 Å². The smallest absolute Gasteiger partial charge is 0.399 e. The van der Waals surface area contributed by atoms with Gasteiger partial charge in [0.05, 0.1) is 30.5 Å². The molecule has 0 spiro atoms. The van der Waals surface area contributed by atoms with Crippen molar-refractivity contribution in [3.05, 3.63) is 84.4 Å². The second-order valence-corrected chi connectivity index (χ2v) is 8.63. The molecule has 0 N–H and O–H groups in total. The van der Waals surface area contributed by atoms with Gasteiger partial charge in [-0.2, -0.15) is 0 Å². The average molecular weight is 463 g/mol. The second kappa shape index (κ2) is 8.42. The van der Waals surface area contributed by atoms with E-state index in [-0.39, 0.29) is 11.4 Å². The van der Waals surface area contributed by atoms with Crippen molar-refractivity contribution in [1.82, 2.24) is 15.0 Å². The lowest BCUT2D eigenvalue weighted by Gasteiger charge is -2.32. The van der Waals surface area contributed by atoms with Gasteiger partial charge in [0.2, 0.25) is 0 Å². The molecule has 1 aliphatic rings. The molecule has 0 bridgehead atoms. The molecule has 1 fully saturated rings. The monoisotopic (exact) mass is 463 g/mol. The number of aromatic nitrogens is 3. The summed E-state index contributed by atoms with van der Waals surface area (Å²) in [7, 11) is -0.901. The Hall–Kier alpha value is -3.42. The molecule has 0 atom stereocenters. The van der Waals surface area contributed by atoms with Crippen molar-refractivity contribution >= 4 is 12.6 Å². The molecule has 1 saturated heterocycles. The van der Waals surface area contributed by atoms with Gasteiger partial charge < -0.3 is 9.31 Å². The maximum atomic E-state index is 15.5. The molecular formula is C27H25BFN3O2. The predicted octanol–water partition coefficient (Wildman–Crippen LogP) is 5.31. The zero-order chi connectivity index (χ0) is 32.6. The van der Waals surface area contributed by atoms with Crippen LogP contribution in [0.4, 0.5) is 4.39 Å². The Balaban J connectivity index is 1.81. The van der Waals surface area contributed by atoms with Crippen molar-refractivity contribution in [3.8, 4) is 34.2 Å².